The summed E-state index contributed by atoms with van der Waals surface area (Å²) in [5.41, 5.74) is 1.07. The van der Waals surface area contributed by atoms with Crippen molar-refractivity contribution in [3.05, 3.63) is 81.4 Å². The Labute approximate surface area is 181 Å². The number of rotatable bonds is 5. The highest BCUT2D eigenvalue weighted by molar-refractivity contribution is 9.10. The maximum atomic E-state index is 12.8. The van der Waals surface area contributed by atoms with Crippen molar-refractivity contribution in [1.29, 1.82) is 0 Å². The number of benzene rings is 2. The van der Waals surface area contributed by atoms with Crippen LogP contribution in [0.5, 0.6) is 11.6 Å². The lowest BCUT2D eigenvalue weighted by atomic mass is 10.1. The molecular weight excluding hydrogens is 458 g/mol. The minimum absolute atomic E-state index is 0.179. The zero-order valence-electron chi connectivity index (χ0n) is 15.6. The summed E-state index contributed by atoms with van der Waals surface area (Å²) in [4.78, 5) is 30.4. The largest absolute Gasteiger partial charge is 0.438 e. The molecule has 29 heavy (non-hydrogen) atoms. The summed E-state index contributed by atoms with van der Waals surface area (Å²) in [6.45, 7) is 0. The number of anilines is 1. The van der Waals surface area contributed by atoms with Gasteiger partial charge in [-0.05, 0) is 54.6 Å². The number of nitrogens with one attached hydrogen (secondary N) is 1. The first-order valence-corrected chi connectivity index (χ1v) is 9.73. The van der Waals surface area contributed by atoms with Gasteiger partial charge in [0, 0.05) is 30.5 Å². The van der Waals surface area contributed by atoms with Crippen LogP contribution < -0.4 is 10.1 Å². The summed E-state index contributed by atoms with van der Waals surface area (Å²) >= 11 is 9.57. The van der Waals surface area contributed by atoms with E-state index in [4.69, 9.17) is 16.3 Å². The third kappa shape index (κ3) is 5.13. The number of carbonyl (C=O) groups is 2. The van der Waals surface area contributed by atoms with Crippen LogP contribution in [0, 0.1) is 0 Å². The lowest BCUT2D eigenvalue weighted by Crippen LogP contribution is -2.22. The van der Waals surface area contributed by atoms with Gasteiger partial charge in [0.05, 0.1) is 10.6 Å². The molecule has 0 atom stereocenters. The molecule has 1 N–H and O–H groups in total. The highest BCUT2D eigenvalue weighted by Crippen LogP contribution is 2.26. The fourth-order valence-corrected chi connectivity index (χ4v) is 2.99. The molecule has 0 unspecified atom stereocenters. The summed E-state index contributed by atoms with van der Waals surface area (Å²) < 4.78 is 6.67. The second kappa shape index (κ2) is 9.07. The van der Waals surface area contributed by atoms with Crippen LogP contribution in [0.25, 0.3) is 0 Å². The Bertz CT molecular complexity index is 1060. The maximum absolute atomic E-state index is 12.8. The van der Waals surface area contributed by atoms with Crippen molar-refractivity contribution in [2.75, 3.05) is 19.4 Å². The first-order chi connectivity index (χ1) is 13.8. The molecule has 1 heterocycles. The van der Waals surface area contributed by atoms with Crippen molar-refractivity contribution in [3.63, 3.8) is 0 Å². The Balaban J connectivity index is 1.80. The molecule has 0 bridgehead atoms. The van der Waals surface area contributed by atoms with Gasteiger partial charge >= 0.3 is 0 Å². The number of ether oxygens (including phenoxy) is 1. The Hall–Kier alpha value is -2.90. The van der Waals surface area contributed by atoms with E-state index in [0.29, 0.717) is 17.0 Å². The van der Waals surface area contributed by atoms with E-state index in [1.165, 1.54) is 11.0 Å². The van der Waals surface area contributed by atoms with Crippen molar-refractivity contribution < 1.29 is 14.3 Å². The molecular formula is C21H17BrClN3O3. The van der Waals surface area contributed by atoms with Gasteiger partial charge in [-0.15, -0.1) is 0 Å². The summed E-state index contributed by atoms with van der Waals surface area (Å²) in [5.74, 6) is 0.103. The predicted octanol–water partition coefficient (Wildman–Crippen LogP) is 5.24. The summed E-state index contributed by atoms with van der Waals surface area (Å²) in [6.07, 6.45) is 1.55. The van der Waals surface area contributed by atoms with Crippen LogP contribution >= 0.6 is 27.5 Å². The smallest absolute Gasteiger partial charge is 0.261 e. The van der Waals surface area contributed by atoms with Crippen LogP contribution in [0.2, 0.25) is 5.02 Å². The van der Waals surface area contributed by atoms with Gasteiger partial charge in [-0.2, -0.15) is 0 Å². The van der Waals surface area contributed by atoms with E-state index in [1.807, 2.05) is 12.1 Å². The van der Waals surface area contributed by atoms with E-state index in [0.717, 1.165) is 4.47 Å². The third-order valence-electron chi connectivity index (χ3n) is 3.91. The Morgan fingerprint density at radius 3 is 2.45 bits per heavy atom. The Morgan fingerprint density at radius 2 is 1.79 bits per heavy atom. The van der Waals surface area contributed by atoms with Crippen molar-refractivity contribution in [2.24, 2.45) is 0 Å². The van der Waals surface area contributed by atoms with Crippen LogP contribution in [0.1, 0.15) is 20.7 Å². The number of hydrogen-bond acceptors (Lipinski definition) is 4. The molecule has 6 nitrogen and oxygen atoms in total. The maximum Gasteiger partial charge on any atom is 0.261 e. The summed E-state index contributed by atoms with van der Waals surface area (Å²) in [7, 11) is 3.29. The van der Waals surface area contributed by atoms with Crippen molar-refractivity contribution in [3.8, 4) is 11.6 Å². The Morgan fingerprint density at radius 1 is 1.07 bits per heavy atom. The zero-order valence-corrected chi connectivity index (χ0v) is 18.0. The first kappa shape index (κ1) is 20.8. The molecule has 3 rings (SSSR count). The average Bonchev–Trinajstić information content (AvgIpc) is 2.69. The first-order valence-electron chi connectivity index (χ1n) is 8.56. The van der Waals surface area contributed by atoms with Gasteiger partial charge in [0.15, 0.2) is 0 Å². The van der Waals surface area contributed by atoms with Crippen molar-refractivity contribution in [1.82, 2.24) is 9.88 Å². The summed E-state index contributed by atoms with van der Waals surface area (Å²) in [5, 5.41) is 3.00. The number of pyridine rings is 1. The number of halogens is 2. The van der Waals surface area contributed by atoms with E-state index in [1.54, 1.807) is 56.7 Å². The molecule has 0 aliphatic carbocycles. The number of aromatic nitrogens is 1. The van der Waals surface area contributed by atoms with Gasteiger partial charge in [-0.3, -0.25) is 9.59 Å². The van der Waals surface area contributed by atoms with Gasteiger partial charge in [0.25, 0.3) is 11.8 Å². The molecule has 8 heteroatoms. The molecule has 0 radical (unpaired) electrons. The van der Waals surface area contributed by atoms with Crippen LogP contribution in [-0.2, 0) is 0 Å². The fraction of sp³-hybridized carbons (Fsp3) is 0.0952. The van der Waals surface area contributed by atoms with E-state index in [2.05, 4.69) is 26.2 Å². The molecule has 0 aliphatic heterocycles. The second-order valence-corrected chi connectivity index (χ2v) is 7.58. The second-order valence-electron chi connectivity index (χ2n) is 6.26. The van der Waals surface area contributed by atoms with Crippen LogP contribution in [0.4, 0.5) is 5.69 Å². The van der Waals surface area contributed by atoms with E-state index < -0.39 is 5.91 Å². The van der Waals surface area contributed by atoms with E-state index in [9.17, 15) is 9.59 Å². The van der Waals surface area contributed by atoms with E-state index >= 15 is 0 Å². The highest BCUT2D eigenvalue weighted by Gasteiger charge is 2.17. The number of carbonyl (C=O) groups excluding carboxylic acids is 2. The van der Waals surface area contributed by atoms with Gasteiger partial charge in [-0.1, -0.05) is 27.5 Å². The average molecular weight is 475 g/mol. The van der Waals surface area contributed by atoms with Crippen LogP contribution in [0.15, 0.2) is 65.3 Å². The van der Waals surface area contributed by atoms with Crippen LogP contribution in [0.3, 0.4) is 0 Å². The van der Waals surface area contributed by atoms with Gasteiger partial charge in [-0.25, -0.2) is 4.98 Å². The normalized spacial score (nSPS) is 10.3. The SMILES string of the molecule is CN(C)C(=O)c1ccc(NC(=O)c2cccnc2Oc2ccc(Br)cc2)cc1Cl. The van der Waals surface area contributed by atoms with Crippen molar-refractivity contribution >= 4 is 45.0 Å². The third-order valence-corrected chi connectivity index (χ3v) is 4.75. The molecule has 1 aromatic heterocycles. The monoisotopic (exact) mass is 473 g/mol. The van der Waals surface area contributed by atoms with Gasteiger partial charge in [0.2, 0.25) is 5.88 Å². The summed E-state index contributed by atoms with van der Waals surface area (Å²) in [6, 6.07) is 15.2. The fourth-order valence-electron chi connectivity index (χ4n) is 2.46. The zero-order chi connectivity index (χ0) is 21.0. The standard InChI is InChI=1S/C21H17BrClN3O3/c1-26(2)21(28)16-10-7-14(12-18(16)23)25-19(27)17-4-3-11-24-20(17)29-15-8-5-13(22)6-9-15/h3-12H,1-2H3,(H,25,27). The van der Waals surface area contributed by atoms with Gasteiger partial charge < -0.3 is 15.0 Å². The minimum Gasteiger partial charge on any atom is -0.438 e. The molecule has 0 fully saturated rings. The molecule has 2 amide bonds. The highest BCUT2D eigenvalue weighted by atomic mass is 79.9. The molecule has 2 aromatic carbocycles. The number of nitrogens with zero attached hydrogens (tertiary/aromatic N) is 2. The van der Waals surface area contributed by atoms with Crippen LogP contribution in [-0.4, -0.2) is 35.8 Å². The lowest BCUT2D eigenvalue weighted by Gasteiger charge is -2.13. The van der Waals surface area contributed by atoms with E-state index in [-0.39, 0.29) is 22.4 Å². The number of amides is 2. The molecule has 0 spiro atoms. The number of hydrogen-bond donors (Lipinski definition) is 1. The molecule has 0 saturated heterocycles. The molecule has 3 aromatic rings. The molecule has 0 aliphatic rings. The minimum atomic E-state index is -0.409. The molecule has 148 valence electrons. The topological polar surface area (TPSA) is 71.5 Å². The predicted molar refractivity (Wildman–Crippen MR) is 116 cm³/mol. The van der Waals surface area contributed by atoms with Crippen molar-refractivity contribution in [2.45, 2.75) is 0 Å². The Kier molecular flexibility index (Phi) is 6.51. The molecule has 0 saturated carbocycles. The lowest BCUT2D eigenvalue weighted by molar-refractivity contribution is 0.0827. The van der Waals surface area contributed by atoms with Gasteiger partial charge in [0.1, 0.15) is 11.3 Å². The quantitative estimate of drug-likeness (QED) is 0.549.